The number of thiophene rings is 1. The van der Waals surface area contributed by atoms with Gasteiger partial charge in [-0.05, 0) is 29.8 Å². The summed E-state index contributed by atoms with van der Waals surface area (Å²) in [6, 6.07) is 14.5. The van der Waals surface area contributed by atoms with Crippen LogP contribution in [0.4, 0.5) is 0 Å². The quantitative estimate of drug-likeness (QED) is 0.355. The molecule has 0 fully saturated rings. The molecule has 0 unspecified atom stereocenters. The minimum absolute atomic E-state index is 0.287. The van der Waals surface area contributed by atoms with Gasteiger partial charge in [-0.25, -0.2) is 4.79 Å². The zero-order valence-corrected chi connectivity index (χ0v) is 14.7. The highest BCUT2D eigenvalue weighted by atomic mass is 35.5. The van der Waals surface area contributed by atoms with Crippen molar-refractivity contribution in [3.63, 3.8) is 0 Å². The number of nitriles is 1. The van der Waals surface area contributed by atoms with Crippen LogP contribution in [0.15, 0.2) is 48.5 Å². The van der Waals surface area contributed by atoms with Crippen LogP contribution in [-0.4, -0.2) is 13.1 Å². The van der Waals surface area contributed by atoms with Gasteiger partial charge in [-0.3, -0.25) is 0 Å². The number of fused-ring (bicyclic) bond motifs is 1. The topological polar surface area (TPSA) is 59.3 Å². The summed E-state index contributed by atoms with van der Waals surface area (Å²) in [5, 5.41) is 9.80. The number of methoxy groups -OCH3 is 1. The first kappa shape index (κ1) is 17.0. The number of benzene rings is 2. The maximum Gasteiger partial charge on any atom is 0.355 e. The Morgan fingerprint density at radius 1 is 1.24 bits per heavy atom. The van der Waals surface area contributed by atoms with Gasteiger partial charge in [-0.1, -0.05) is 35.9 Å². The van der Waals surface area contributed by atoms with E-state index in [1.807, 2.05) is 30.3 Å². The molecule has 3 rings (SSSR count). The Morgan fingerprint density at radius 2 is 2.04 bits per heavy atom. The molecule has 124 valence electrons. The van der Waals surface area contributed by atoms with E-state index in [1.54, 1.807) is 24.3 Å². The average Bonchev–Trinajstić information content (AvgIpc) is 2.98. The van der Waals surface area contributed by atoms with E-state index in [2.05, 4.69) is 0 Å². The molecule has 0 atom stereocenters. The molecule has 0 radical (unpaired) electrons. The lowest BCUT2D eigenvalue weighted by atomic mass is 10.2. The van der Waals surface area contributed by atoms with Gasteiger partial charge in [0, 0.05) is 16.2 Å². The van der Waals surface area contributed by atoms with Gasteiger partial charge in [-0.15, -0.1) is 11.3 Å². The fraction of sp³-hybridized carbons (Fsp3) is 0.0526. The third kappa shape index (κ3) is 3.50. The number of hydrogen-bond donors (Lipinski definition) is 0. The lowest BCUT2D eigenvalue weighted by Gasteiger charge is -2.09. The van der Waals surface area contributed by atoms with E-state index in [1.165, 1.54) is 24.5 Å². The predicted octanol–water partition coefficient (Wildman–Crippen LogP) is 5.32. The second-order valence-corrected chi connectivity index (χ2v) is 6.43. The summed E-state index contributed by atoms with van der Waals surface area (Å²) in [6.45, 7) is 0. The van der Waals surface area contributed by atoms with Crippen LogP contribution < -0.4 is 9.47 Å². The summed E-state index contributed by atoms with van der Waals surface area (Å²) in [6.07, 6.45) is 2.99. The number of nitrogens with zero attached hydrogens (tertiary/aromatic N) is 1. The molecule has 0 bridgehead atoms. The van der Waals surface area contributed by atoms with E-state index in [0.29, 0.717) is 15.6 Å². The third-order valence-electron chi connectivity index (χ3n) is 3.46. The summed E-state index contributed by atoms with van der Waals surface area (Å²) < 4.78 is 11.7. The lowest BCUT2D eigenvalue weighted by molar-refractivity contribution is 0.0735. The largest absolute Gasteiger partial charge is 0.493 e. The average molecular weight is 370 g/mol. The van der Waals surface area contributed by atoms with Crippen molar-refractivity contribution >= 4 is 45.1 Å². The highest BCUT2D eigenvalue weighted by Gasteiger charge is 2.20. The van der Waals surface area contributed by atoms with Gasteiger partial charge in [-0.2, -0.15) is 5.26 Å². The maximum absolute atomic E-state index is 12.5. The van der Waals surface area contributed by atoms with E-state index in [4.69, 9.17) is 26.3 Å². The number of carbonyl (C=O) groups excluding carboxylic acids is 1. The second kappa shape index (κ2) is 7.39. The lowest BCUT2D eigenvalue weighted by Crippen LogP contribution is -2.08. The van der Waals surface area contributed by atoms with Crippen LogP contribution in [0.1, 0.15) is 15.2 Å². The molecule has 1 aromatic heterocycles. The molecule has 0 spiro atoms. The van der Waals surface area contributed by atoms with Crippen LogP contribution in [0.2, 0.25) is 5.02 Å². The molecule has 6 heteroatoms. The molecule has 0 aliphatic rings. The zero-order valence-electron chi connectivity index (χ0n) is 13.2. The van der Waals surface area contributed by atoms with Gasteiger partial charge in [0.15, 0.2) is 11.5 Å². The Labute approximate surface area is 153 Å². The van der Waals surface area contributed by atoms with Gasteiger partial charge in [0.1, 0.15) is 4.88 Å². The minimum Gasteiger partial charge on any atom is -0.493 e. The van der Waals surface area contributed by atoms with Crippen LogP contribution in [0.3, 0.4) is 0 Å². The molecule has 1 heterocycles. The Balaban J connectivity index is 1.91. The molecule has 25 heavy (non-hydrogen) atoms. The van der Waals surface area contributed by atoms with Gasteiger partial charge >= 0.3 is 5.97 Å². The second-order valence-electron chi connectivity index (χ2n) is 5.00. The summed E-state index contributed by atoms with van der Waals surface area (Å²) >= 11 is 7.60. The van der Waals surface area contributed by atoms with E-state index >= 15 is 0 Å². The van der Waals surface area contributed by atoms with Crippen molar-refractivity contribution in [3.8, 4) is 17.6 Å². The standard InChI is InChI=1S/C19H12ClNO3S/c1-23-15-11-12(5-4-10-21)8-9-14(15)24-19(22)18-17(20)13-6-2-3-7-16(13)25-18/h2-9,11H,1H3/b5-4-. The van der Waals surface area contributed by atoms with E-state index in [9.17, 15) is 4.79 Å². The van der Waals surface area contributed by atoms with Crippen LogP contribution >= 0.6 is 22.9 Å². The monoisotopic (exact) mass is 369 g/mol. The summed E-state index contributed by atoms with van der Waals surface area (Å²) in [5.41, 5.74) is 0.762. The van der Waals surface area contributed by atoms with E-state index < -0.39 is 5.97 Å². The molecule has 0 aliphatic carbocycles. The molecule has 2 aromatic carbocycles. The molecule has 0 amide bonds. The number of esters is 1. The molecule has 3 aromatic rings. The molecule has 0 saturated heterocycles. The SMILES string of the molecule is COc1cc(/C=C\C#N)ccc1OC(=O)c1sc2ccccc2c1Cl. The Hall–Kier alpha value is -2.81. The van der Waals surface area contributed by atoms with Crippen molar-refractivity contribution in [1.29, 1.82) is 5.26 Å². The molecular formula is C19H12ClNO3S. The number of hydrogen-bond acceptors (Lipinski definition) is 5. The predicted molar refractivity (Wildman–Crippen MR) is 99.4 cm³/mol. The maximum atomic E-state index is 12.5. The highest BCUT2D eigenvalue weighted by Crippen LogP contribution is 2.37. The van der Waals surface area contributed by atoms with Gasteiger partial charge < -0.3 is 9.47 Å². The van der Waals surface area contributed by atoms with Crippen molar-refractivity contribution in [2.75, 3.05) is 7.11 Å². The number of allylic oxidation sites excluding steroid dienone is 1. The minimum atomic E-state index is -0.537. The van der Waals surface area contributed by atoms with Crippen LogP contribution in [0.25, 0.3) is 16.2 Å². The summed E-state index contributed by atoms with van der Waals surface area (Å²) in [4.78, 5) is 12.9. The number of rotatable bonds is 4. The Bertz CT molecular complexity index is 1020. The van der Waals surface area contributed by atoms with E-state index in [0.717, 1.165) is 15.6 Å². The van der Waals surface area contributed by atoms with Crippen LogP contribution in [-0.2, 0) is 0 Å². The van der Waals surface area contributed by atoms with Gasteiger partial charge in [0.25, 0.3) is 0 Å². The molecular weight excluding hydrogens is 358 g/mol. The summed E-state index contributed by atoms with van der Waals surface area (Å²) in [7, 11) is 1.48. The fourth-order valence-electron chi connectivity index (χ4n) is 2.30. The van der Waals surface area contributed by atoms with Gasteiger partial charge in [0.2, 0.25) is 0 Å². The van der Waals surface area contributed by atoms with Crippen molar-refractivity contribution in [2.45, 2.75) is 0 Å². The third-order valence-corrected chi connectivity index (χ3v) is 5.12. The number of carbonyl (C=O) groups is 1. The zero-order chi connectivity index (χ0) is 17.8. The Kier molecular flexibility index (Phi) is 5.03. The number of halogens is 1. The van der Waals surface area contributed by atoms with Crippen molar-refractivity contribution < 1.29 is 14.3 Å². The first-order chi connectivity index (χ1) is 12.1. The van der Waals surface area contributed by atoms with Crippen molar-refractivity contribution in [2.24, 2.45) is 0 Å². The first-order valence-corrected chi connectivity index (χ1v) is 8.47. The number of ether oxygens (including phenoxy) is 2. The van der Waals surface area contributed by atoms with Crippen LogP contribution in [0, 0.1) is 11.3 Å². The first-order valence-electron chi connectivity index (χ1n) is 7.27. The van der Waals surface area contributed by atoms with Crippen molar-refractivity contribution in [3.05, 3.63) is 64.0 Å². The van der Waals surface area contributed by atoms with E-state index in [-0.39, 0.29) is 5.75 Å². The summed E-state index contributed by atoms with van der Waals surface area (Å²) in [5.74, 6) is 0.144. The van der Waals surface area contributed by atoms with Crippen LogP contribution in [0.5, 0.6) is 11.5 Å². The molecule has 4 nitrogen and oxygen atoms in total. The fourth-order valence-corrected chi connectivity index (χ4v) is 3.68. The normalized spacial score (nSPS) is 10.8. The van der Waals surface area contributed by atoms with Crippen molar-refractivity contribution in [1.82, 2.24) is 0 Å². The molecule has 0 saturated carbocycles. The molecule has 0 N–H and O–H groups in total. The Morgan fingerprint density at radius 3 is 2.76 bits per heavy atom. The molecule has 0 aliphatic heterocycles. The smallest absolute Gasteiger partial charge is 0.355 e. The highest BCUT2D eigenvalue weighted by molar-refractivity contribution is 7.21. The van der Waals surface area contributed by atoms with Gasteiger partial charge in [0.05, 0.1) is 18.2 Å².